The topological polar surface area (TPSA) is 113 Å². The molecule has 0 amide bonds. The highest BCUT2D eigenvalue weighted by atomic mass is 16.5. The van der Waals surface area contributed by atoms with Gasteiger partial charge in [-0.2, -0.15) is 0 Å². The first-order valence-electron chi connectivity index (χ1n) is 2.59. The van der Waals surface area contributed by atoms with Crippen LogP contribution in [-0.4, -0.2) is 40.3 Å². The van der Waals surface area contributed by atoms with Crippen molar-refractivity contribution in [3.05, 3.63) is 0 Å². The Balaban J connectivity index is 3.58. The summed E-state index contributed by atoms with van der Waals surface area (Å²) in [5, 5.41) is 25.3. The Bertz CT molecular complexity index is 78.2. The summed E-state index contributed by atoms with van der Waals surface area (Å²) in [5.74, 6) is 0. The fourth-order valence-corrected chi connectivity index (χ4v) is 0.361. The minimum Gasteiger partial charge on any atom is -0.386 e. The quantitative estimate of drug-likeness (QED) is 0.264. The first-order valence-corrected chi connectivity index (χ1v) is 2.59. The van der Waals surface area contributed by atoms with Crippen molar-refractivity contribution in [2.45, 2.75) is 18.4 Å². The van der Waals surface area contributed by atoms with Crippen LogP contribution in [0, 0.1) is 0 Å². The fraction of sp³-hybridized carbons (Fsp3) is 1.00. The van der Waals surface area contributed by atoms with Crippen LogP contribution in [0.4, 0.5) is 0 Å². The molecule has 0 fully saturated rings. The van der Waals surface area contributed by atoms with E-state index < -0.39 is 18.4 Å². The molecule has 0 spiro atoms. The number of aliphatic hydroxyl groups is 3. The largest absolute Gasteiger partial charge is 0.386 e. The summed E-state index contributed by atoms with van der Waals surface area (Å²) < 4.78 is 0. The predicted octanol–water partition coefficient (Wildman–Crippen LogP) is -3.06. The van der Waals surface area contributed by atoms with Gasteiger partial charge in [-0.25, -0.2) is 0 Å². The van der Waals surface area contributed by atoms with E-state index in [0.29, 0.717) is 0 Å². The molecule has 0 bridgehead atoms. The van der Waals surface area contributed by atoms with Crippen LogP contribution in [0.25, 0.3) is 0 Å². The lowest BCUT2D eigenvalue weighted by molar-refractivity contribution is -0.127. The van der Waals surface area contributed by atoms with E-state index in [9.17, 15) is 0 Å². The Hall–Kier alpha value is -0.200. The third-order valence-electron chi connectivity index (χ3n) is 1.02. The van der Waals surface area contributed by atoms with Crippen molar-refractivity contribution in [1.29, 1.82) is 0 Å². The molecule has 0 aliphatic heterocycles. The molecule has 0 heterocycles. The van der Waals surface area contributed by atoms with Gasteiger partial charge in [0.25, 0.3) is 0 Å². The molecule has 0 saturated heterocycles. The Morgan fingerprint density at radius 2 is 1.67 bits per heavy atom. The van der Waals surface area contributed by atoms with Gasteiger partial charge >= 0.3 is 0 Å². The average molecular weight is 136 g/mol. The summed E-state index contributed by atoms with van der Waals surface area (Å²) in [6.07, 6.45) is -3.15. The second-order valence-electron chi connectivity index (χ2n) is 1.80. The van der Waals surface area contributed by atoms with Gasteiger partial charge in [0.2, 0.25) is 0 Å². The van der Waals surface area contributed by atoms with Crippen molar-refractivity contribution in [2.75, 3.05) is 6.54 Å². The number of aliphatic hydroxyl groups excluding tert-OH is 2. The Morgan fingerprint density at radius 1 is 1.22 bits per heavy atom. The monoisotopic (exact) mass is 136 g/mol. The molecule has 7 N–H and O–H groups in total. The van der Waals surface area contributed by atoms with E-state index in [0.717, 1.165) is 0 Å². The van der Waals surface area contributed by atoms with Crippen molar-refractivity contribution in [2.24, 2.45) is 11.5 Å². The van der Waals surface area contributed by atoms with E-state index in [1.54, 1.807) is 0 Å². The van der Waals surface area contributed by atoms with Crippen LogP contribution in [0.5, 0.6) is 0 Å². The highest BCUT2D eigenvalue weighted by Gasteiger charge is 2.19. The molecule has 0 aliphatic carbocycles. The summed E-state index contributed by atoms with van der Waals surface area (Å²) >= 11 is 0. The Labute approximate surface area is 52.9 Å². The van der Waals surface area contributed by atoms with Gasteiger partial charge in [-0.15, -0.1) is 0 Å². The standard InChI is InChI=1S/C4H12N2O3/c5-1-2(6)3(7)4(8)9/h2-4,7-9H,1,5-6H2. The average Bonchev–Trinajstić information content (AvgIpc) is 1.84. The zero-order chi connectivity index (χ0) is 7.44. The minimum absolute atomic E-state index is 0.0266. The van der Waals surface area contributed by atoms with Crippen molar-refractivity contribution >= 4 is 0 Å². The smallest absolute Gasteiger partial charge is 0.179 e. The highest BCUT2D eigenvalue weighted by molar-refractivity contribution is 4.73. The molecule has 0 saturated carbocycles. The first-order chi connectivity index (χ1) is 4.09. The molecule has 5 heteroatoms. The van der Waals surface area contributed by atoms with E-state index in [4.69, 9.17) is 26.8 Å². The number of nitrogens with two attached hydrogens (primary N) is 2. The second-order valence-corrected chi connectivity index (χ2v) is 1.80. The van der Waals surface area contributed by atoms with Crippen LogP contribution >= 0.6 is 0 Å². The summed E-state index contributed by atoms with van der Waals surface area (Å²) in [5.41, 5.74) is 10.1. The van der Waals surface area contributed by atoms with E-state index in [2.05, 4.69) is 0 Å². The molecule has 5 nitrogen and oxygen atoms in total. The molecular formula is C4H12N2O3. The van der Waals surface area contributed by atoms with Crippen molar-refractivity contribution in [1.82, 2.24) is 0 Å². The summed E-state index contributed by atoms with van der Waals surface area (Å²) in [4.78, 5) is 0. The zero-order valence-corrected chi connectivity index (χ0v) is 4.94. The van der Waals surface area contributed by atoms with Crippen LogP contribution in [-0.2, 0) is 0 Å². The summed E-state index contributed by atoms with van der Waals surface area (Å²) in [6, 6.07) is -0.773. The fourth-order valence-electron chi connectivity index (χ4n) is 0.361. The third-order valence-corrected chi connectivity index (χ3v) is 1.02. The van der Waals surface area contributed by atoms with Crippen molar-refractivity contribution < 1.29 is 15.3 Å². The van der Waals surface area contributed by atoms with Crippen LogP contribution in [0.2, 0.25) is 0 Å². The molecule has 56 valence electrons. The maximum Gasteiger partial charge on any atom is 0.179 e. The molecular weight excluding hydrogens is 124 g/mol. The molecule has 2 atom stereocenters. The van der Waals surface area contributed by atoms with Gasteiger partial charge in [0.1, 0.15) is 6.10 Å². The van der Waals surface area contributed by atoms with Crippen LogP contribution in [0.15, 0.2) is 0 Å². The number of hydrogen-bond donors (Lipinski definition) is 5. The van der Waals surface area contributed by atoms with Gasteiger partial charge in [-0.1, -0.05) is 0 Å². The normalized spacial score (nSPS) is 18.0. The van der Waals surface area contributed by atoms with Gasteiger partial charge in [-0.3, -0.25) is 0 Å². The van der Waals surface area contributed by atoms with Crippen LogP contribution in [0.1, 0.15) is 0 Å². The molecule has 0 aromatic rings. The number of rotatable bonds is 3. The lowest BCUT2D eigenvalue weighted by Crippen LogP contribution is -2.47. The number of hydrogen-bond acceptors (Lipinski definition) is 5. The van der Waals surface area contributed by atoms with Crippen LogP contribution < -0.4 is 11.5 Å². The van der Waals surface area contributed by atoms with Gasteiger partial charge < -0.3 is 26.8 Å². The van der Waals surface area contributed by atoms with E-state index in [-0.39, 0.29) is 6.54 Å². The Kier molecular flexibility index (Phi) is 3.67. The van der Waals surface area contributed by atoms with Gasteiger partial charge in [-0.05, 0) is 0 Å². The molecule has 0 aromatic carbocycles. The molecule has 0 radical (unpaired) electrons. The molecule has 9 heavy (non-hydrogen) atoms. The lowest BCUT2D eigenvalue weighted by Gasteiger charge is -2.17. The predicted molar refractivity (Wildman–Crippen MR) is 31.3 cm³/mol. The maximum absolute atomic E-state index is 8.69. The zero-order valence-electron chi connectivity index (χ0n) is 4.94. The van der Waals surface area contributed by atoms with Crippen molar-refractivity contribution in [3.63, 3.8) is 0 Å². The lowest BCUT2D eigenvalue weighted by atomic mass is 10.2. The summed E-state index contributed by atoms with van der Waals surface area (Å²) in [7, 11) is 0. The van der Waals surface area contributed by atoms with E-state index >= 15 is 0 Å². The molecule has 0 aliphatic rings. The van der Waals surface area contributed by atoms with Crippen molar-refractivity contribution in [3.8, 4) is 0 Å². The highest BCUT2D eigenvalue weighted by Crippen LogP contribution is 1.91. The summed E-state index contributed by atoms with van der Waals surface area (Å²) in [6.45, 7) is 0.0266. The maximum atomic E-state index is 8.69. The minimum atomic E-state index is -1.80. The Morgan fingerprint density at radius 3 is 1.78 bits per heavy atom. The van der Waals surface area contributed by atoms with E-state index in [1.807, 2.05) is 0 Å². The first kappa shape index (κ1) is 8.80. The van der Waals surface area contributed by atoms with Gasteiger partial charge in [0, 0.05) is 12.6 Å². The third kappa shape index (κ3) is 2.73. The SMILES string of the molecule is NCC(N)C(O)C(O)O. The van der Waals surface area contributed by atoms with Crippen LogP contribution in [0.3, 0.4) is 0 Å². The van der Waals surface area contributed by atoms with Gasteiger partial charge in [0.05, 0.1) is 0 Å². The molecule has 2 unspecified atom stereocenters. The molecule has 0 aromatic heterocycles. The van der Waals surface area contributed by atoms with Gasteiger partial charge in [0.15, 0.2) is 6.29 Å². The van der Waals surface area contributed by atoms with E-state index in [1.165, 1.54) is 0 Å². The molecule has 0 rings (SSSR count). The second kappa shape index (κ2) is 3.76.